The summed E-state index contributed by atoms with van der Waals surface area (Å²) in [7, 11) is 0. The first-order chi connectivity index (χ1) is 12.2. The Kier molecular flexibility index (Phi) is 5.78. The molecule has 1 atom stereocenters. The number of carbonyl (C=O) groups is 1. The molecule has 1 fully saturated rings. The van der Waals surface area contributed by atoms with Crippen LogP contribution in [0.3, 0.4) is 0 Å². The molecule has 0 unspecified atom stereocenters. The molecular formula is C18H16FN3OS2. The highest BCUT2D eigenvalue weighted by molar-refractivity contribution is 8.15. The summed E-state index contributed by atoms with van der Waals surface area (Å²) in [5, 5.41) is 10.5. The molecule has 7 heteroatoms. The van der Waals surface area contributed by atoms with Crippen LogP contribution in [0.2, 0.25) is 0 Å². The molecule has 1 aliphatic heterocycles. The van der Waals surface area contributed by atoms with Gasteiger partial charge >= 0.3 is 0 Å². The van der Waals surface area contributed by atoms with Gasteiger partial charge < -0.3 is 0 Å². The molecule has 0 aliphatic carbocycles. The highest BCUT2D eigenvalue weighted by Crippen LogP contribution is 2.30. The molecular weight excluding hydrogens is 357 g/mol. The molecule has 1 saturated heterocycles. The van der Waals surface area contributed by atoms with Gasteiger partial charge in [-0.3, -0.25) is 9.69 Å². The largest absolute Gasteiger partial charge is 0.285 e. The third-order valence-corrected chi connectivity index (χ3v) is 5.51. The molecule has 25 heavy (non-hydrogen) atoms. The van der Waals surface area contributed by atoms with Gasteiger partial charge in [-0.2, -0.15) is 5.10 Å². The van der Waals surface area contributed by atoms with Gasteiger partial charge in [0.05, 0.1) is 11.5 Å². The second-order valence-corrected chi connectivity index (χ2v) is 7.47. The summed E-state index contributed by atoms with van der Waals surface area (Å²) in [5.41, 5.74) is 0.911. The highest BCUT2D eigenvalue weighted by atomic mass is 32.2. The van der Waals surface area contributed by atoms with E-state index in [0.29, 0.717) is 18.1 Å². The predicted octanol–water partition coefficient (Wildman–Crippen LogP) is 3.95. The fourth-order valence-electron chi connectivity index (χ4n) is 2.35. The van der Waals surface area contributed by atoms with Gasteiger partial charge in [0.1, 0.15) is 5.82 Å². The second kappa shape index (κ2) is 8.22. The van der Waals surface area contributed by atoms with Gasteiger partial charge in [0.2, 0.25) is 5.91 Å². The van der Waals surface area contributed by atoms with Crippen LogP contribution < -0.4 is 0 Å². The lowest BCUT2D eigenvalue weighted by molar-refractivity contribution is -0.125. The van der Waals surface area contributed by atoms with Crippen LogP contribution in [0.15, 0.2) is 64.6 Å². The first-order valence-corrected chi connectivity index (χ1v) is 9.41. The topological polar surface area (TPSA) is 45.0 Å². The standard InChI is InChI=1S/C18H16FN3OS2/c1-2-9-22-17(23)16(11-13-5-7-14(19)8-6-13)25-18(22)21-20-12-15-4-3-10-24-15/h2-8,10,12,16H,1,9,11H2/b20-12-,21-18-/t16-/m0/s1. The van der Waals surface area contributed by atoms with E-state index in [1.165, 1.54) is 23.9 Å². The molecule has 3 rings (SSSR count). The smallest absolute Gasteiger partial charge is 0.242 e. The van der Waals surface area contributed by atoms with Crippen LogP contribution in [-0.4, -0.2) is 34.0 Å². The zero-order valence-electron chi connectivity index (χ0n) is 13.3. The molecule has 0 bridgehead atoms. The van der Waals surface area contributed by atoms with E-state index in [4.69, 9.17) is 0 Å². The van der Waals surface area contributed by atoms with Crippen LogP contribution in [0.1, 0.15) is 10.4 Å². The molecule has 0 N–H and O–H groups in total. The molecule has 2 heterocycles. The fourth-order valence-corrected chi connectivity index (χ4v) is 4.07. The van der Waals surface area contributed by atoms with Crippen molar-refractivity contribution in [2.24, 2.45) is 10.2 Å². The number of nitrogens with zero attached hydrogens (tertiary/aromatic N) is 3. The van der Waals surface area contributed by atoms with E-state index in [1.54, 1.807) is 40.7 Å². The molecule has 2 aromatic rings. The Labute approximate surface area is 153 Å². The van der Waals surface area contributed by atoms with E-state index in [9.17, 15) is 9.18 Å². The van der Waals surface area contributed by atoms with Crippen molar-refractivity contribution in [3.05, 3.63) is 70.7 Å². The molecule has 1 aromatic heterocycles. The van der Waals surface area contributed by atoms with E-state index in [1.807, 2.05) is 17.5 Å². The minimum atomic E-state index is -0.291. The number of carbonyl (C=O) groups excluding carboxylic acids is 1. The van der Waals surface area contributed by atoms with Gasteiger partial charge in [-0.05, 0) is 35.6 Å². The van der Waals surface area contributed by atoms with Crippen LogP contribution in [0.4, 0.5) is 4.39 Å². The minimum Gasteiger partial charge on any atom is -0.285 e. The first-order valence-electron chi connectivity index (χ1n) is 7.65. The van der Waals surface area contributed by atoms with Gasteiger partial charge in [-0.15, -0.1) is 23.0 Å². The average Bonchev–Trinajstić information content (AvgIpc) is 3.21. The Morgan fingerprint density at radius 3 is 2.76 bits per heavy atom. The number of rotatable bonds is 6. The summed E-state index contributed by atoms with van der Waals surface area (Å²) in [6.45, 7) is 4.08. The maximum absolute atomic E-state index is 13.0. The number of hydrogen-bond donors (Lipinski definition) is 0. The van der Waals surface area contributed by atoms with Crippen molar-refractivity contribution < 1.29 is 9.18 Å². The van der Waals surface area contributed by atoms with E-state index in [-0.39, 0.29) is 17.0 Å². The van der Waals surface area contributed by atoms with E-state index < -0.39 is 0 Å². The van der Waals surface area contributed by atoms with Crippen molar-refractivity contribution in [1.82, 2.24) is 4.90 Å². The van der Waals surface area contributed by atoms with Gasteiger partial charge in [0.25, 0.3) is 0 Å². The summed E-state index contributed by atoms with van der Waals surface area (Å²) >= 11 is 2.95. The third kappa shape index (κ3) is 4.43. The number of thiophene rings is 1. The Morgan fingerprint density at radius 1 is 1.28 bits per heavy atom. The molecule has 1 amide bonds. The summed E-state index contributed by atoms with van der Waals surface area (Å²) < 4.78 is 13.0. The Morgan fingerprint density at radius 2 is 2.08 bits per heavy atom. The normalized spacial score (nSPS) is 19.2. The monoisotopic (exact) mass is 373 g/mol. The first kappa shape index (κ1) is 17.6. The Hall–Kier alpha value is -2.25. The maximum Gasteiger partial charge on any atom is 0.242 e. The quantitative estimate of drug-likeness (QED) is 0.437. The fraction of sp³-hybridized carbons (Fsp3) is 0.167. The predicted molar refractivity (Wildman–Crippen MR) is 103 cm³/mol. The average molecular weight is 373 g/mol. The summed E-state index contributed by atoms with van der Waals surface area (Å²) in [6, 6.07) is 10.1. The maximum atomic E-state index is 13.0. The van der Waals surface area contributed by atoms with Crippen LogP contribution in [0.25, 0.3) is 0 Å². The lowest BCUT2D eigenvalue weighted by Gasteiger charge is -2.12. The van der Waals surface area contributed by atoms with Gasteiger partial charge in [-0.25, -0.2) is 4.39 Å². The van der Waals surface area contributed by atoms with Crippen molar-refractivity contribution in [3.8, 4) is 0 Å². The molecule has 4 nitrogen and oxygen atoms in total. The van der Waals surface area contributed by atoms with Gasteiger partial charge in [0, 0.05) is 11.4 Å². The van der Waals surface area contributed by atoms with Crippen LogP contribution in [0, 0.1) is 5.82 Å². The van der Waals surface area contributed by atoms with Crippen LogP contribution in [-0.2, 0) is 11.2 Å². The SMILES string of the molecule is C=CCN1C(=O)[C@H](Cc2ccc(F)cc2)S/C1=N\N=C/c1cccs1. The van der Waals surface area contributed by atoms with Crippen molar-refractivity contribution >= 4 is 40.4 Å². The lowest BCUT2D eigenvalue weighted by atomic mass is 10.1. The molecule has 0 radical (unpaired) electrons. The molecule has 128 valence electrons. The number of amides is 1. The summed E-state index contributed by atoms with van der Waals surface area (Å²) in [5.74, 6) is -0.313. The number of hydrogen-bond acceptors (Lipinski definition) is 5. The van der Waals surface area contributed by atoms with Gasteiger partial charge in [-0.1, -0.05) is 36.0 Å². The molecule has 0 saturated carbocycles. The van der Waals surface area contributed by atoms with Gasteiger partial charge in [0.15, 0.2) is 5.17 Å². The zero-order valence-corrected chi connectivity index (χ0v) is 15.0. The Balaban J connectivity index is 1.74. The van der Waals surface area contributed by atoms with E-state index in [0.717, 1.165) is 10.4 Å². The van der Waals surface area contributed by atoms with Crippen molar-refractivity contribution in [2.75, 3.05) is 6.54 Å². The number of thioether (sulfide) groups is 1. The van der Waals surface area contributed by atoms with Crippen molar-refractivity contribution in [3.63, 3.8) is 0 Å². The number of benzene rings is 1. The number of amidine groups is 1. The summed E-state index contributed by atoms with van der Waals surface area (Å²) in [4.78, 5) is 15.2. The molecule has 0 spiro atoms. The van der Waals surface area contributed by atoms with E-state index >= 15 is 0 Å². The lowest BCUT2D eigenvalue weighted by Crippen LogP contribution is -2.32. The zero-order chi connectivity index (χ0) is 17.6. The van der Waals surface area contributed by atoms with Crippen LogP contribution >= 0.6 is 23.1 Å². The van der Waals surface area contributed by atoms with Crippen molar-refractivity contribution in [1.29, 1.82) is 0 Å². The van der Waals surface area contributed by atoms with Crippen LogP contribution in [0.5, 0.6) is 0 Å². The highest BCUT2D eigenvalue weighted by Gasteiger charge is 2.37. The molecule has 1 aliphatic rings. The second-order valence-electron chi connectivity index (χ2n) is 5.32. The number of halogens is 1. The van der Waals surface area contributed by atoms with E-state index in [2.05, 4.69) is 16.8 Å². The third-order valence-electron chi connectivity index (χ3n) is 3.54. The Bertz CT molecular complexity index is 800. The summed E-state index contributed by atoms with van der Waals surface area (Å²) in [6.07, 6.45) is 3.85. The minimum absolute atomic E-state index is 0.0284. The van der Waals surface area contributed by atoms with Crippen molar-refractivity contribution in [2.45, 2.75) is 11.7 Å². The molecule has 1 aromatic carbocycles.